The first kappa shape index (κ1) is 20.7. The molecule has 1 N–H and O–H groups in total. The Labute approximate surface area is 180 Å². The van der Waals surface area contributed by atoms with Crippen LogP contribution in [0, 0.1) is 6.92 Å². The number of hydrogen-bond acceptors (Lipinski definition) is 5. The summed E-state index contributed by atoms with van der Waals surface area (Å²) in [6.07, 6.45) is 2.78. The van der Waals surface area contributed by atoms with Gasteiger partial charge in [-0.3, -0.25) is 10.1 Å². The number of anilines is 1. The van der Waals surface area contributed by atoms with Crippen molar-refractivity contribution >= 4 is 32.4 Å². The first-order chi connectivity index (χ1) is 14.4. The van der Waals surface area contributed by atoms with Crippen LogP contribution in [-0.4, -0.2) is 36.7 Å². The van der Waals surface area contributed by atoms with Crippen molar-refractivity contribution in [2.75, 3.05) is 18.4 Å². The number of thiazole rings is 1. The lowest BCUT2D eigenvalue weighted by Gasteiger charge is -2.26. The Bertz CT molecular complexity index is 1150. The van der Waals surface area contributed by atoms with Crippen molar-refractivity contribution in [2.24, 2.45) is 0 Å². The molecule has 1 amide bonds. The third kappa shape index (κ3) is 4.30. The molecule has 2 heterocycles. The zero-order valence-corrected chi connectivity index (χ0v) is 18.3. The molecule has 156 valence electrons. The Morgan fingerprint density at radius 1 is 1.07 bits per heavy atom. The second-order valence-corrected chi connectivity index (χ2v) is 10.1. The maximum absolute atomic E-state index is 13.1. The fourth-order valence-electron chi connectivity index (χ4n) is 3.51. The number of nitrogens with zero attached hydrogens (tertiary/aromatic N) is 2. The van der Waals surface area contributed by atoms with E-state index in [1.54, 1.807) is 19.1 Å². The van der Waals surface area contributed by atoms with Gasteiger partial charge in [-0.15, -0.1) is 11.3 Å². The summed E-state index contributed by atoms with van der Waals surface area (Å²) in [7, 11) is -3.61. The van der Waals surface area contributed by atoms with Crippen LogP contribution in [0.15, 0.2) is 58.8 Å². The van der Waals surface area contributed by atoms with Gasteiger partial charge in [-0.1, -0.05) is 42.8 Å². The van der Waals surface area contributed by atoms with Crippen LogP contribution in [-0.2, 0) is 10.0 Å². The molecule has 3 aromatic rings. The normalized spacial score (nSPS) is 15.1. The smallest absolute Gasteiger partial charge is 0.257 e. The highest BCUT2D eigenvalue weighted by Gasteiger charge is 2.28. The van der Waals surface area contributed by atoms with E-state index in [2.05, 4.69) is 10.3 Å². The van der Waals surface area contributed by atoms with Crippen LogP contribution in [0.5, 0.6) is 0 Å². The molecule has 1 fully saturated rings. The number of aromatic nitrogens is 1. The summed E-state index contributed by atoms with van der Waals surface area (Å²) in [6, 6.07) is 14.5. The fraction of sp³-hybridized carbons (Fsp3) is 0.273. The molecule has 1 aliphatic rings. The lowest BCUT2D eigenvalue weighted by atomic mass is 10.1. The van der Waals surface area contributed by atoms with Crippen LogP contribution in [0.4, 0.5) is 5.13 Å². The van der Waals surface area contributed by atoms with Crippen molar-refractivity contribution in [1.82, 2.24) is 9.29 Å². The van der Waals surface area contributed by atoms with Crippen molar-refractivity contribution in [3.05, 3.63) is 65.0 Å². The molecular weight excluding hydrogens is 418 g/mol. The maximum Gasteiger partial charge on any atom is 0.257 e. The predicted octanol–water partition coefficient (Wildman–Crippen LogP) is 4.55. The average Bonchev–Trinajstić information content (AvgIpc) is 3.23. The van der Waals surface area contributed by atoms with Crippen LogP contribution in [0.2, 0.25) is 0 Å². The van der Waals surface area contributed by atoms with Gasteiger partial charge >= 0.3 is 0 Å². The number of carbonyl (C=O) groups is 1. The van der Waals surface area contributed by atoms with Gasteiger partial charge in [-0.25, -0.2) is 13.4 Å². The Hall–Kier alpha value is -2.55. The predicted molar refractivity (Wildman–Crippen MR) is 119 cm³/mol. The van der Waals surface area contributed by atoms with E-state index in [0.717, 1.165) is 30.5 Å². The molecule has 30 heavy (non-hydrogen) atoms. The van der Waals surface area contributed by atoms with E-state index in [1.165, 1.54) is 21.7 Å². The number of rotatable bonds is 5. The van der Waals surface area contributed by atoms with Gasteiger partial charge in [0.2, 0.25) is 10.0 Å². The number of sulfonamides is 1. The zero-order valence-electron chi connectivity index (χ0n) is 16.7. The van der Waals surface area contributed by atoms with E-state index >= 15 is 0 Å². The van der Waals surface area contributed by atoms with Gasteiger partial charge in [-0.05, 0) is 37.5 Å². The molecule has 1 aromatic heterocycles. The Morgan fingerprint density at radius 3 is 2.53 bits per heavy atom. The van der Waals surface area contributed by atoms with Crippen LogP contribution in [0.25, 0.3) is 11.3 Å². The molecule has 0 radical (unpaired) electrons. The lowest BCUT2D eigenvalue weighted by molar-refractivity contribution is 0.102. The number of carbonyl (C=O) groups excluding carboxylic acids is 1. The van der Waals surface area contributed by atoms with E-state index in [1.807, 2.05) is 35.7 Å². The van der Waals surface area contributed by atoms with Gasteiger partial charge in [0.05, 0.1) is 10.6 Å². The molecular formula is C22H23N3O3S2. The molecule has 4 rings (SSSR count). The monoisotopic (exact) mass is 441 g/mol. The first-order valence-corrected chi connectivity index (χ1v) is 12.2. The van der Waals surface area contributed by atoms with Gasteiger partial charge < -0.3 is 0 Å². The highest BCUT2D eigenvalue weighted by Crippen LogP contribution is 2.27. The third-order valence-corrected chi connectivity index (χ3v) is 7.98. The van der Waals surface area contributed by atoms with E-state index < -0.39 is 10.0 Å². The summed E-state index contributed by atoms with van der Waals surface area (Å²) in [5.41, 5.74) is 2.69. The molecule has 1 saturated heterocycles. The Kier molecular flexibility index (Phi) is 5.99. The number of amides is 1. The van der Waals surface area contributed by atoms with Crippen molar-refractivity contribution in [3.63, 3.8) is 0 Å². The van der Waals surface area contributed by atoms with Crippen LogP contribution in [0.1, 0.15) is 35.2 Å². The van der Waals surface area contributed by atoms with E-state index in [9.17, 15) is 13.2 Å². The van der Waals surface area contributed by atoms with Gasteiger partial charge in [-0.2, -0.15) is 4.31 Å². The van der Waals surface area contributed by atoms with Gasteiger partial charge in [0, 0.05) is 29.6 Å². The number of aryl methyl sites for hydroxylation is 1. The topological polar surface area (TPSA) is 79.4 Å². The number of piperidine rings is 1. The lowest BCUT2D eigenvalue weighted by Crippen LogP contribution is -2.36. The highest BCUT2D eigenvalue weighted by molar-refractivity contribution is 7.89. The molecule has 8 heteroatoms. The van der Waals surface area contributed by atoms with Gasteiger partial charge in [0.1, 0.15) is 0 Å². The summed E-state index contributed by atoms with van der Waals surface area (Å²) < 4.78 is 27.7. The summed E-state index contributed by atoms with van der Waals surface area (Å²) in [4.78, 5) is 17.4. The largest absolute Gasteiger partial charge is 0.298 e. The standard InChI is InChI=1S/C22H23N3O3S2/c1-16-10-11-18(14-20(16)30(27,28)25-12-6-3-7-13-25)21(26)24-22-23-19(15-29-22)17-8-4-2-5-9-17/h2,4-5,8-11,14-15H,3,6-7,12-13H2,1H3,(H,23,24,26). The molecule has 2 aromatic carbocycles. The molecule has 0 bridgehead atoms. The van der Waals surface area contributed by atoms with Crippen molar-refractivity contribution in [2.45, 2.75) is 31.1 Å². The summed E-state index contributed by atoms with van der Waals surface area (Å²) in [5, 5.41) is 5.14. The summed E-state index contributed by atoms with van der Waals surface area (Å²) in [6.45, 7) is 2.81. The number of nitrogens with one attached hydrogen (secondary N) is 1. The van der Waals surface area contributed by atoms with E-state index in [4.69, 9.17) is 0 Å². The SMILES string of the molecule is Cc1ccc(C(=O)Nc2nc(-c3ccccc3)cs2)cc1S(=O)(=O)N1CCCCC1. The molecule has 6 nitrogen and oxygen atoms in total. The quantitative estimate of drug-likeness (QED) is 0.630. The molecule has 0 aliphatic carbocycles. The molecule has 0 unspecified atom stereocenters. The van der Waals surface area contributed by atoms with Crippen molar-refractivity contribution in [1.29, 1.82) is 0 Å². The van der Waals surface area contributed by atoms with Crippen molar-refractivity contribution in [3.8, 4) is 11.3 Å². The zero-order chi connectivity index (χ0) is 21.1. The Morgan fingerprint density at radius 2 is 1.80 bits per heavy atom. The minimum absolute atomic E-state index is 0.196. The molecule has 0 saturated carbocycles. The Balaban J connectivity index is 1.55. The van der Waals surface area contributed by atoms with Gasteiger partial charge in [0.25, 0.3) is 5.91 Å². The van der Waals surface area contributed by atoms with Crippen LogP contribution in [0.3, 0.4) is 0 Å². The highest BCUT2D eigenvalue weighted by atomic mass is 32.2. The van der Waals surface area contributed by atoms with E-state index in [-0.39, 0.29) is 10.8 Å². The summed E-state index contributed by atoms with van der Waals surface area (Å²) in [5.74, 6) is -0.376. The minimum atomic E-state index is -3.61. The van der Waals surface area contributed by atoms with Crippen LogP contribution >= 0.6 is 11.3 Å². The fourth-order valence-corrected chi connectivity index (χ4v) is 5.99. The second-order valence-electron chi connectivity index (χ2n) is 7.30. The third-order valence-electron chi connectivity index (χ3n) is 5.18. The maximum atomic E-state index is 13.1. The number of hydrogen-bond donors (Lipinski definition) is 1. The second kappa shape index (κ2) is 8.67. The minimum Gasteiger partial charge on any atom is -0.298 e. The molecule has 0 spiro atoms. The average molecular weight is 442 g/mol. The number of benzene rings is 2. The first-order valence-electron chi connectivity index (χ1n) is 9.88. The van der Waals surface area contributed by atoms with Crippen molar-refractivity contribution < 1.29 is 13.2 Å². The molecule has 1 aliphatic heterocycles. The molecule has 0 atom stereocenters. The van der Waals surface area contributed by atoms with E-state index in [0.29, 0.717) is 29.3 Å². The van der Waals surface area contributed by atoms with Crippen LogP contribution < -0.4 is 5.32 Å². The van der Waals surface area contributed by atoms with Gasteiger partial charge in [0.15, 0.2) is 5.13 Å². The summed E-state index contributed by atoms with van der Waals surface area (Å²) >= 11 is 1.33.